The van der Waals surface area contributed by atoms with Crippen LogP contribution >= 0.6 is 0 Å². The Balaban J connectivity index is 2.22. The monoisotopic (exact) mass is 191 g/mol. The highest BCUT2D eigenvalue weighted by Gasteiger charge is 2.33. The second-order valence-electron chi connectivity index (χ2n) is 3.40. The van der Waals surface area contributed by atoms with Crippen LogP contribution in [0.3, 0.4) is 0 Å². The fourth-order valence-electron chi connectivity index (χ4n) is 1.72. The Morgan fingerprint density at radius 1 is 1.36 bits per heavy atom. The second-order valence-corrected chi connectivity index (χ2v) is 3.40. The molecule has 0 aromatic heterocycles. The smallest absolute Gasteiger partial charge is 0.408 e. The number of amides is 1. The van der Waals surface area contributed by atoms with Gasteiger partial charge < -0.3 is 10.1 Å². The lowest BCUT2D eigenvalue weighted by Crippen LogP contribution is -2.26. The van der Waals surface area contributed by atoms with Gasteiger partial charge in [-0.3, -0.25) is 0 Å². The minimum Gasteiger partial charge on any atom is -0.439 e. The maximum Gasteiger partial charge on any atom is 0.408 e. The van der Waals surface area contributed by atoms with Gasteiger partial charge in [-0.15, -0.1) is 0 Å². The van der Waals surface area contributed by atoms with Crippen molar-refractivity contribution in [1.29, 1.82) is 0 Å². The normalized spacial score (nSPS) is 25.6. The molecule has 3 nitrogen and oxygen atoms in total. The number of ether oxygens (including phenoxy) is 1. The molecular formula is C11H13NO2. The molecule has 0 saturated carbocycles. The molecule has 1 fully saturated rings. The van der Waals surface area contributed by atoms with E-state index in [1.807, 2.05) is 37.3 Å². The van der Waals surface area contributed by atoms with Gasteiger partial charge in [0.15, 0.2) is 0 Å². The maximum absolute atomic E-state index is 11.1. The van der Waals surface area contributed by atoms with Crippen molar-refractivity contribution in [3.8, 4) is 0 Å². The van der Waals surface area contributed by atoms with E-state index in [1.54, 1.807) is 0 Å². The van der Waals surface area contributed by atoms with E-state index >= 15 is 0 Å². The number of carbonyl (C=O) groups is 1. The van der Waals surface area contributed by atoms with E-state index in [0.29, 0.717) is 0 Å². The van der Waals surface area contributed by atoms with Gasteiger partial charge in [-0.05, 0) is 12.0 Å². The molecule has 1 aliphatic rings. The lowest BCUT2D eigenvalue weighted by molar-refractivity contribution is 0.131. The first kappa shape index (κ1) is 9.06. The summed E-state index contributed by atoms with van der Waals surface area (Å²) in [4.78, 5) is 11.1. The third-order valence-electron chi connectivity index (χ3n) is 2.47. The van der Waals surface area contributed by atoms with Gasteiger partial charge in [0, 0.05) is 0 Å². The molecule has 1 aromatic rings. The third-order valence-corrected chi connectivity index (χ3v) is 2.47. The topological polar surface area (TPSA) is 38.3 Å². The Kier molecular flexibility index (Phi) is 2.39. The van der Waals surface area contributed by atoms with Crippen LogP contribution in [-0.4, -0.2) is 12.1 Å². The molecule has 0 aliphatic carbocycles. The third kappa shape index (κ3) is 1.58. The summed E-state index contributed by atoms with van der Waals surface area (Å²) >= 11 is 0. The van der Waals surface area contributed by atoms with E-state index in [9.17, 15) is 4.79 Å². The van der Waals surface area contributed by atoms with Gasteiger partial charge in [-0.2, -0.15) is 0 Å². The first-order valence-electron chi connectivity index (χ1n) is 4.83. The lowest BCUT2D eigenvalue weighted by atomic mass is 10.0. The van der Waals surface area contributed by atoms with Crippen LogP contribution in [0.4, 0.5) is 4.79 Å². The molecular weight excluding hydrogens is 178 g/mol. The molecule has 2 rings (SSSR count). The fourth-order valence-corrected chi connectivity index (χ4v) is 1.72. The molecule has 0 unspecified atom stereocenters. The zero-order valence-corrected chi connectivity index (χ0v) is 8.07. The molecule has 2 atom stereocenters. The van der Waals surface area contributed by atoms with E-state index in [4.69, 9.17) is 4.74 Å². The SMILES string of the molecule is CC[C@H]1NC(=O)O[C@@H]1c1ccccc1. The molecule has 1 aliphatic heterocycles. The number of cyclic esters (lactones) is 1. The number of alkyl carbamates (subject to hydrolysis) is 1. The van der Waals surface area contributed by atoms with E-state index in [0.717, 1.165) is 12.0 Å². The summed E-state index contributed by atoms with van der Waals surface area (Å²) in [6.07, 6.45) is 0.435. The van der Waals surface area contributed by atoms with Crippen molar-refractivity contribution < 1.29 is 9.53 Å². The Bertz CT molecular complexity index is 323. The Morgan fingerprint density at radius 2 is 2.07 bits per heavy atom. The molecule has 3 heteroatoms. The van der Waals surface area contributed by atoms with Crippen LogP contribution in [0.15, 0.2) is 30.3 Å². The number of hydrogen-bond donors (Lipinski definition) is 1. The van der Waals surface area contributed by atoms with Crippen molar-refractivity contribution in [2.45, 2.75) is 25.5 Å². The van der Waals surface area contributed by atoms with Gasteiger partial charge in [-0.1, -0.05) is 37.3 Å². The van der Waals surface area contributed by atoms with Crippen LogP contribution in [-0.2, 0) is 4.74 Å². The minimum atomic E-state index is -0.314. The van der Waals surface area contributed by atoms with E-state index in [-0.39, 0.29) is 18.2 Å². The average molecular weight is 191 g/mol. The number of hydrogen-bond acceptors (Lipinski definition) is 2. The van der Waals surface area contributed by atoms with E-state index < -0.39 is 0 Å². The van der Waals surface area contributed by atoms with E-state index in [2.05, 4.69) is 5.32 Å². The number of carbonyl (C=O) groups excluding carboxylic acids is 1. The molecule has 1 heterocycles. The first-order chi connectivity index (χ1) is 6.81. The maximum atomic E-state index is 11.1. The van der Waals surface area contributed by atoms with Crippen LogP contribution in [0.1, 0.15) is 25.0 Å². The van der Waals surface area contributed by atoms with Crippen molar-refractivity contribution in [1.82, 2.24) is 5.32 Å². The number of rotatable bonds is 2. The summed E-state index contributed by atoms with van der Waals surface area (Å²) < 4.78 is 5.20. The van der Waals surface area contributed by atoms with Gasteiger partial charge in [-0.25, -0.2) is 4.79 Å². The summed E-state index contributed by atoms with van der Waals surface area (Å²) in [5, 5.41) is 2.79. The van der Waals surface area contributed by atoms with Gasteiger partial charge in [0.1, 0.15) is 6.10 Å². The summed E-state index contributed by atoms with van der Waals surface area (Å²) in [7, 11) is 0. The van der Waals surface area contributed by atoms with E-state index in [1.165, 1.54) is 0 Å². The van der Waals surface area contributed by atoms with Gasteiger partial charge in [0.25, 0.3) is 0 Å². The van der Waals surface area contributed by atoms with Crippen LogP contribution in [0.5, 0.6) is 0 Å². The molecule has 74 valence electrons. The molecule has 1 saturated heterocycles. The predicted molar refractivity (Wildman–Crippen MR) is 52.9 cm³/mol. The summed E-state index contributed by atoms with van der Waals surface area (Å²) in [6.45, 7) is 2.04. The standard InChI is InChI=1S/C11H13NO2/c1-2-9-10(14-11(13)12-9)8-6-4-3-5-7-8/h3-7,9-10H,2H2,1H3,(H,12,13)/t9-,10-/m1/s1. The highest BCUT2D eigenvalue weighted by atomic mass is 16.6. The lowest BCUT2D eigenvalue weighted by Gasteiger charge is -2.14. The largest absolute Gasteiger partial charge is 0.439 e. The second kappa shape index (κ2) is 3.70. The van der Waals surface area contributed by atoms with Crippen molar-refractivity contribution in [3.05, 3.63) is 35.9 Å². The van der Waals surface area contributed by atoms with Crippen LogP contribution < -0.4 is 5.32 Å². The van der Waals surface area contributed by atoms with Gasteiger partial charge in [0.05, 0.1) is 6.04 Å². The molecule has 0 spiro atoms. The highest BCUT2D eigenvalue weighted by Crippen LogP contribution is 2.27. The summed E-state index contributed by atoms with van der Waals surface area (Å²) in [5.74, 6) is 0. The van der Waals surface area contributed by atoms with Crippen LogP contribution in [0.2, 0.25) is 0 Å². The first-order valence-corrected chi connectivity index (χ1v) is 4.83. The summed E-state index contributed by atoms with van der Waals surface area (Å²) in [5.41, 5.74) is 1.05. The quantitative estimate of drug-likeness (QED) is 0.778. The Morgan fingerprint density at radius 3 is 2.71 bits per heavy atom. The Labute approximate surface area is 83.1 Å². The molecule has 0 bridgehead atoms. The van der Waals surface area contributed by atoms with Crippen molar-refractivity contribution in [2.75, 3.05) is 0 Å². The fraction of sp³-hybridized carbons (Fsp3) is 0.364. The predicted octanol–water partition coefficient (Wildman–Crippen LogP) is 2.25. The van der Waals surface area contributed by atoms with Gasteiger partial charge >= 0.3 is 6.09 Å². The highest BCUT2D eigenvalue weighted by molar-refractivity contribution is 5.70. The molecule has 14 heavy (non-hydrogen) atoms. The van der Waals surface area contributed by atoms with Crippen molar-refractivity contribution in [3.63, 3.8) is 0 Å². The van der Waals surface area contributed by atoms with Crippen LogP contribution in [0, 0.1) is 0 Å². The Hall–Kier alpha value is -1.51. The zero-order valence-electron chi connectivity index (χ0n) is 8.07. The van der Waals surface area contributed by atoms with Crippen molar-refractivity contribution >= 4 is 6.09 Å². The van der Waals surface area contributed by atoms with Crippen molar-refractivity contribution in [2.24, 2.45) is 0 Å². The van der Waals surface area contributed by atoms with Gasteiger partial charge in [0.2, 0.25) is 0 Å². The molecule has 1 amide bonds. The molecule has 0 radical (unpaired) electrons. The minimum absolute atomic E-state index is 0.102. The zero-order chi connectivity index (χ0) is 9.97. The molecule has 1 N–H and O–H groups in total. The van der Waals surface area contributed by atoms with Crippen LogP contribution in [0.25, 0.3) is 0 Å². The number of benzene rings is 1. The summed E-state index contributed by atoms with van der Waals surface area (Å²) in [6, 6.07) is 9.92. The molecule has 1 aromatic carbocycles. The average Bonchev–Trinajstić information content (AvgIpc) is 2.61. The number of nitrogens with one attached hydrogen (secondary N) is 1.